The van der Waals surface area contributed by atoms with Gasteiger partial charge in [-0.05, 0) is 43.9 Å². The van der Waals surface area contributed by atoms with Gasteiger partial charge in [-0.15, -0.1) is 0 Å². The number of rotatable bonds is 6. The van der Waals surface area contributed by atoms with E-state index in [1.54, 1.807) is 6.92 Å². The van der Waals surface area contributed by atoms with Gasteiger partial charge in [0.05, 0.1) is 0 Å². The summed E-state index contributed by atoms with van der Waals surface area (Å²) in [6, 6.07) is 7.88. The lowest BCUT2D eigenvalue weighted by molar-refractivity contribution is -0.145. The van der Waals surface area contributed by atoms with Gasteiger partial charge < -0.3 is 9.84 Å². The molecule has 0 radical (unpaired) electrons. The molecule has 4 heteroatoms. The molecule has 0 saturated carbocycles. The first-order valence-electron chi connectivity index (χ1n) is 7.29. The van der Waals surface area contributed by atoms with Crippen LogP contribution >= 0.6 is 0 Å². The Balaban J connectivity index is 2.75. The Morgan fingerprint density at radius 3 is 2.10 bits per heavy atom. The third-order valence-corrected chi connectivity index (χ3v) is 3.33. The molecule has 0 aliphatic rings. The second-order valence-corrected chi connectivity index (χ2v) is 7.00. The van der Waals surface area contributed by atoms with E-state index in [1.165, 1.54) is 5.56 Å². The van der Waals surface area contributed by atoms with Crippen LogP contribution in [0.2, 0.25) is 0 Å². The lowest BCUT2D eigenvalue weighted by Crippen LogP contribution is -2.56. The molecule has 0 aliphatic heterocycles. The van der Waals surface area contributed by atoms with Crippen molar-refractivity contribution in [2.75, 3.05) is 6.61 Å². The van der Waals surface area contributed by atoms with Gasteiger partial charge in [-0.25, -0.2) is 0 Å². The predicted molar refractivity (Wildman–Crippen MR) is 84.9 cm³/mol. The third-order valence-electron chi connectivity index (χ3n) is 3.33. The topological polar surface area (TPSA) is 58.6 Å². The van der Waals surface area contributed by atoms with Gasteiger partial charge in [-0.1, -0.05) is 32.9 Å². The van der Waals surface area contributed by atoms with Crippen LogP contribution in [0.5, 0.6) is 5.75 Å². The molecule has 118 valence electrons. The third kappa shape index (κ3) is 5.05. The fraction of sp³-hybridized carbons (Fsp3) is 0.588. The largest absolute Gasteiger partial charge is 0.491 e. The Morgan fingerprint density at radius 1 is 1.19 bits per heavy atom. The summed E-state index contributed by atoms with van der Waals surface area (Å²) >= 11 is 0. The molecule has 0 spiro atoms. The summed E-state index contributed by atoms with van der Waals surface area (Å²) in [7, 11) is 0. The monoisotopic (exact) mass is 293 g/mol. The average molecular weight is 293 g/mol. The summed E-state index contributed by atoms with van der Waals surface area (Å²) < 4.78 is 5.66. The van der Waals surface area contributed by atoms with Crippen LogP contribution in [0, 0.1) is 0 Å². The van der Waals surface area contributed by atoms with E-state index in [0.717, 1.165) is 0 Å². The molecule has 1 unspecified atom stereocenters. The van der Waals surface area contributed by atoms with E-state index in [9.17, 15) is 9.90 Å². The molecule has 1 rings (SSSR count). The van der Waals surface area contributed by atoms with Crippen molar-refractivity contribution in [3.63, 3.8) is 0 Å². The molecule has 0 fully saturated rings. The molecular formula is C17H27NO3. The Hall–Kier alpha value is -1.55. The van der Waals surface area contributed by atoms with E-state index in [0.29, 0.717) is 5.75 Å². The van der Waals surface area contributed by atoms with E-state index in [4.69, 9.17) is 4.74 Å². The van der Waals surface area contributed by atoms with E-state index in [-0.39, 0.29) is 18.1 Å². The van der Waals surface area contributed by atoms with Crippen molar-refractivity contribution >= 4 is 5.97 Å². The van der Waals surface area contributed by atoms with Crippen LogP contribution in [-0.2, 0) is 10.2 Å². The molecule has 21 heavy (non-hydrogen) atoms. The number of carbonyl (C=O) groups is 1. The molecule has 4 nitrogen and oxygen atoms in total. The quantitative estimate of drug-likeness (QED) is 0.845. The van der Waals surface area contributed by atoms with Crippen molar-refractivity contribution in [1.29, 1.82) is 0 Å². The van der Waals surface area contributed by atoms with E-state index in [2.05, 4.69) is 26.1 Å². The maximum atomic E-state index is 11.4. The Labute approximate surface area is 127 Å². The lowest BCUT2D eigenvalue weighted by atomic mass is 9.87. The SMILES string of the molecule is CC(C)NC(C)(COc1ccc(C(C)(C)C)cc1)C(=O)O. The van der Waals surface area contributed by atoms with Crippen molar-refractivity contribution in [3.8, 4) is 5.75 Å². The standard InChI is InChI=1S/C17H27NO3/c1-12(2)18-17(6,15(19)20)11-21-14-9-7-13(8-10-14)16(3,4)5/h7-10,12,18H,11H2,1-6H3,(H,19,20). The number of carboxylic acid groups (broad SMARTS) is 1. The fourth-order valence-electron chi connectivity index (χ4n) is 2.08. The van der Waals surface area contributed by atoms with Crippen molar-refractivity contribution in [2.45, 2.75) is 58.5 Å². The zero-order valence-electron chi connectivity index (χ0n) is 13.9. The van der Waals surface area contributed by atoms with Gasteiger partial charge >= 0.3 is 5.97 Å². The fourth-order valence-corrected chi connectivity index (χ4v) is 2.08. The van der Waals surface area contributed by atoms with E-state index in [1.807, 2.05) is 38.1 Å². The number of ether oxygens (including phenoxy) is 1. The summed E-state index contributed by atoms with van der Waals surface area (Å²) in [5.41, 5.74) is 0.209. The number of benzene rings is 1. The van der Waals surface area contributed by atoms with E-state index < -0.39 is 11.5 Å². The summed E-state index contributed by atoms with van der Waals surface area (Å²) in [5, 5.41) is 12.4. The number of hydrogen-bond acceptors (Lipinski definition) is 3. The zero-order valence-corrected chi connectivity index (χ0v) is 13.9. The van der Waals surface area contributed by atoms with Crippen molar-refractivity contribution in [3.05, 3.63) is 29.8 Å². The summed E-state index contributed by atoms with van der Waals surface area (Å²) in [6.45, 7) is 12.0. The van der Waals surface area contributed by atoms with Gasteiger partial charge in [0.15, 0.2) is 0 Å². The van der Waals surface area contributed by atoms with Crippen LogP contribution in [0.4, 0.5) is 0 Å². The van der Waals surface area contributed by atoms with Gasteiger partial charge in [0.1, 0.15) is 17.9 Å². The molecule has 0 heterocycles. The highest BCUT2D eigenvalue weighted by Gasteiger charge is 2.34. The first-order chi connectivity index (χ1) is 9.54. The van der Waals surface area contributed by atoms with Crippen molar-refractivity contribution in [2.24, 2.45) is 0 Å². The Kier molecular flexibility index (Phi) is 5.40. The molecule has 1 aromatic carbocycles. The molecule has 0 aliphatic carbocycles. The van der Waals surface area contributed by atoms with Gasteiger partial charge in [0.25, 0.3) is 0 Å². The molecular weight excluding hydrogens is 266 g/mol. The van der Waals surface area contributed by atoms with Crippen LogP contribution in [0.25, 0.3) is 0 Å². The second-order valence-electron chi connectivity index (χ2n) is 7.00. The number of carboxylic acids is 1. The maximum Gasteiger partial charge on any atom is 0.327 e. The predicted octanol–water partition coefficient (Wildman–Crippen LogP) is 3.20. The molecule has 1 aromatic rings. The van der Waals surface area contributed by atoms with Gasteiger partial charge in [-0.3, -0.25) is 10.1 Å². The van der Waals surface area contributed by atoms with E-state index >= 15 is 0 Å². The van der Waals surface area contributed by atoms with Crippen LogP contribution in [0.3, 0.4) is 0 Å². The van der Waals surface area contributed by atoms with Gasteiger partial charge in [0.2, 0.25) is 0 Å². The minimum absolute atomic E-state index is 0.0676. The number of hydrogen-bond donors (Lipinski definition) is 2. The highest BCUT2D eigenvalue weighted by atomic mass is 16.5. The highest BCUT2D eigenvalue weighted by Crippen LogP contribution is 2.24. The molecule has 2 N–H and O–H groups in total. The Morgan fingerprint density at radius 2 is 1.71 bits per heavy atom. The first-order valence-corrected chi connectivity index (χ1v) is 7.29. The zero-order chi connectivity index (χ0) is 16.3. The second kappa shape index (κ2) is 6.48. The van der Waals surface area contributed by atoms with Crippen LogP contribution in [0.1, 0.15) is 47.1 Å². The molecule has 1 atom stereocenters. The van der Waals surface area contributed by atoms with Crippen molar-refractivity contribution < 1.29 is 14.6 Å². The molecule has 0 aromatic heterocycles. The Bertz CT molecular complexity index is 474. The van der Waals surface area contributed by atoms with Crippen molar-refractivity contribution in [1.82, 2.24) is 5.32 Å². The van der Waals surface area contributed by atoms with Crippen LogP contribution < -0.4 is 10.1 Å². The minimum atomic E-state index is -1.10. The first kappa shape index (κ1) is 17.5. The lowest BCUT2D eigenvalue weighted by Gasteiger charge is -2.28. The summed E-state index contributed by atoms with van der Waals surface area (Å²) in [6.07, 6.45) is 0. The maximum absolute atomic E-state index is 11.4. The van der Waals surface area contributed by atoms with Crippen LogP contribution in [-0.4, -0.2) is 29.3 Å². The number of aliphatic carboxylic acids is 1. The molecule has 0 bridgehead atoms. The van der Waals surface area contributed by atoms with Gasteiger partial charge in [-0.2, -0.15) is 0 Å². The highest BCUT2D eigenvalue weighted by molar-refractivity contribution is 5.78. The number of nitrogens with one attached hydrogen (secondary N) is 1. The van der Waals surface area contributed by atoms with Crippen LogP contribution in [0.15, 0.2) is 24.3 Å². The smallest absolute Gasteiger partial charge is 0.327 e. The average Bonchev–Trinajstić information content (AvgIpc) is 2.35. The summed E-state index contributed by atoms with van der Waals surface area (Å²) in [5.74, 6) is -0.233. The molecule has 0 saturated heterocycles. The normalized spacial score (nSPS) is 14.8. The minimum Gasteiger partial charge on any atom is -0.491 e. The summed E-state index contributed by atoms with van der Waals surface area (Å²) in [4.78, 5) is 11.4. The van der Waals surface area contributed by atoms with Gasteiger partial charge in [0, 0.05) is 6.04 Å². The molecule has 0 amide bonds.